The molecule has 156 valence electrons. The van der Waals surface area contributed by atoms with Gasteiger partial charge in [0.25, 0.3) is 0 Å². The molecule has 4 nitrogen and oxygen atoms in total. The average molecular weight is 418 g/mol. The van der Waals surface area contributed by atoms with Gasteiger partial charge in [0.1, 0.15) is 5.76 Å². The fourth-order valence-corrected chi connectivity index (χ4v) is 4.66. The molecular weight excluding hydrogens is 394 g/mol. The molecule has 0 N–H and O–H groups in total. The van der Waals surface area contributed by atoms with E-state index in [4.69, 9.17) is 9.40 Å². The molecule has 0 saturated carbocycles. The van der Waals surface area contributed by atoms with Gasteiger partial charge in [-0.25, -0.2) is 4.98 Å². The third-order valence-corrected chi connectivity index (χ3v) is 6.05. The third kappa shape index (κ3) is 2.59. The number of rotatable bonds is 4. The van der Waals surface area contributed by atoms with Crippen LogP contribution in [-0.2, 0) is 6.42 Å². The topological polar surface area (TPSA) is 35.4 Å². The van der Waals surface area contributed by atoms with E-state index in [-0.39, 0.29) is 0 Å². The SMILES string of the molecule is C=C(C)/C=C\c1oc2c(-n3c4ccccc4n4c5ccccc5nc34)cccc2c1CC. The Morgan fingerprint density at radius 1 is 0.969 bits per heavy atom. The second kappa shape index (κ2) is 6.99. The fraction of sp³-hybridized carbons (Fsp3) is 0.107. The lowest BCUT2D eigenvalue weighted by Crippen LogP contribution is -1.95. The van der Waals surface area contributed by atoms with E-state index in [1.807, 2.05) is 25.1 Å². The van der Waals surface area contributed by atoms with Gasteiger partial charge in [-0.05, 0) is 49.8 Å². The van der Waals surface area contributed by atoms with Crippen LogP contribution in [0.2, 0.25) is 0 Å². The van der Waals surface area contributed by atoms with Crippen LogP contribution in [-0.4, -0.2) is 14.0 Å². The van der Waals surface area contributed by atoms with Crippen LogP contribution >= 0.6 is 0 Å². The van der Waals surface area contributed by atoms with Crippen molar-refractivity contribution in [3.8, 4) is 5.69 Å². The summed E-state index contributed by atoms with van der Waals surface area (Å²) in [7, 11) is 0. The maximum Gasteiger partial charge on any atom is 0.220 e. The van der Waals surface area contributed by atoms with Gasteiger partial charge in [-0.1, -0.05) is 61.5 Å². The molecule has 0 atom stereocenters. The Labute approximate surface area is 185 Å². The van der Waals surface area contributed by atoms with Crippen LogP contribution in [0.25, 0.3) is 50.6 Å². The zero-order valence-electron chi connectivity index (χ0n) is 18.2. The summed E-state index contributed by atoms with van der Waals surface area (Å²) < 4.78 is 10.9. The number of aromatic nitrogens is 3. The van der Waals surface area contributed by atoms with Gasteiger partial charge >= 0.3 is 0 Å². The van der Waals surface area contributed by atoms with Gasteiger partial charge in [-0.15, -0.1) is 0 Å². The van der Waals surface area contributed by atoms with Crippen molar-refractivity contribution in [2.75, 3.05) is 0 Å². The first-order valence-corrected chi connectivity index (χ1v) is 10.9. The maximum atomic E-state index is 6.48. The maximum absolute atomic E-state index is 6.48. The fourth-order valence-electron chi connectivity index (χ4n) is 4.66. The van der Waals surface area contributed by atoms with Crippen molar-refractivity contribution in [3.05, 3.63) is 96.3 Å². The second-order valence-electron chi connectivity index (χ2n) is 8.19. The highest BCUT2D eigenvalue weighted by atomic mass is 16.3. The Morgan fingerprint density at radius 3 is 2.50 bits per heavy atom. The van der Waals surface area contributed by atoms with E-state index in [2.05, 4.69) is 83.1 Å². The summed E-state index contributed by atoms with van der Waals surface area (Å²) in [6, 6.07) is 23.1. The Bertz CT molecular complexity index is 1690. The number of para-hydroxylation sites is 5. The molecule has 0 aliphatic rings. The standard InChI is InChI=1S/C28H23N3O/c1-4-19-20-10-9-15-25(27(20)32-26(19)17-16-18(2)3)31-24-14-8-7-13-23(24)30-22-12-6-5-11-21(22)29-28(30)31/h5-17H,2,4H2,1,3H3/b17-16-. The molecule has 6 rings (SSSR count). The molecule has 0 fully saturated rings. The number of hydrogen-bond donors (Lipinski definition) is 0. The molecule has 3 heterocycles. The highest BCUT2D eigenvalue weighted by Gasteiger charge is 2.21. The van der Waals surface area contributed by atoms with E-state index >= 15 is 0 Å². The monoisotopic (exact) mass is 417 g/mol. The number of benzene rings is 3. The van der Waals surface area contributed by atoms with Gasteiger partial charge in [0.2, 0.25) is 5.78 Å². The number of imidazole rings is 2. The largest absolute Gasteiger partial charge is 0.454 e. The zero-order valence-corrected chi connectivity index (χ0v) is 18.2. The van der Waals surface area contributed by atoms with Crippen molar-refractivity contribution < 1.29 is 4.42 Å². The van der Waals surface area contributed by atoms with Crippen molar-refractivity contribution >= 4 is 44.9 Å². The van der Waals surface area contributed by atoms with Crippen LogP contribution in [0.1, 0.15) is 25.2 Å². The van der Waals surface area contributed by atoms with E-state index in [0.717, 1.165) is 62.3 Å². The first-order chi connectivity index (χ1) is 15.7. The molecule has 0 bridgehead atoms. The van der Waals surface area contributed by atoms with Crippen LogP contribution in [0.4, 0.5) is 0 Å². The number of furan rings is 1. The van der Waals surface area contributed by atoms with Crippen LogP contribution in [0.3, 0.4) is 0 Å². The number of hydrogen-bond acceptors (Lipinski definition) is 2. The smallest absolute Gasteiger partial charge is 0.220 e. The van der Waals surface area contributed by atoms with Crippen molar-refractivity contribution in [3.63, 3.8) is 0 Å². The van der Waals surface area contributed by atoms with Gasteiger partial charge in [0.05, 0.1) is 27.8 Å². The van der Waals surface area contributed by atoms with Crippen LogP contribution in [0.5, 0.6) is 0 Å². The van der Waals surface area contributed by atoms with Crippen molar-refractivity contribution in [1.82, 2.24) is 14.0 Å². The number of nitrogens with zero attached hydrogens (tertiary/aromatic N) is 3. The Balaban J connectivity index is 1.74. The summed E-state index contributed by atoms with van der Waals surface area (Å²) >= 11 is 0. The molecule has 0 unspecified atom stereocenters. The molecule has 0 aliphatic carbocycles. The normalized spacial score (nSPS) is 12.2. The van der Waals surface area contributed by atoms with Crippen molar-refractivity contribution in [2.45, 2.75) is 20.3 Å². The molecule has 3 aromatic heterocycles. The summed E-state index contributed by atoms with van der Waals surface area (Å²) in [6.07, 6.45) is 4.92. The first kappa shape index (κ1) is 18.7. The first-order valence-electron chi connectivity index (χ1n) is 10.9. The van der Waals surface area contributed by atoms with Crippen molar-refractivity contribution in [2.24, 2.45) is 0 Å². The average Bonchev–Trinajstić information content (AvgIpc) is 3.45. The lowest BCUT2D eigenvalue weighted by Gasteiger charge is -2.06. The van der Waals surface area contributed by atoms with Gasteiger partial charge in [-0.3, -0.25) is 8.97 Å². The number of allylic oxidation sites excluding steroid dienone is 2. The lowest BCUT2D eigenvalue weighted by molar-refractivity contribution is 0.597. The quantitative estimate of drug-likeness (QED) is 0.282. The Kier molecular flexibility index (Phi) is 4.08. The van der Waals surface area contributed by atoms with Crippen LogP contribution in [0.15, 0.2) is 89.4 Å². The summed E-state index contributed by atoms with van der Waals surface area (Å²) in [5.74, 6) is 1.77. The van der Waals surface area contributed by atoms with E-state index < -0.39 is 0 Å². The molecule has 4 heteroatoms. The van der Waals surface area contributed by atoms with Gasteiger partial charge in [-0.2, -0.15) is 0 Å². The van der Waals surface area contributed by atoms with Gasteiger partial charge in [0, 0.05) is 10.9 Å². The second-order valence-corrected chi connectivity index (χ2v) is 8.19. The molecule has 0 radical (unpaired) electrons. The van der Waals surface area contributed by atoms with Gasteiger partial charge < -0.3 is 4.42 Å². The van der Waals surface area contributed by atoms with Gasteiger partial charge in [0.15, 0.2) is 5.58 Å². The van der Waals surface area contributed by atoms with E-state index in [1.54, 1.807) is 0 Å². The highest BCUT2D eigenvalue weighted by molar-refractivity contribution is 5.96. The summed E-state index contributed by atoms with van der Waals surface area (Å²) in [4.78, 5) is 5.00. The van der Waals surface area contributed by atoms with E-state index in [9.17, 15) is 0 Å². The van der Waals surface area contributed by atoms with E-state index in [1.165, 1.54) is 5.56 Å². The molecule has 32 heavy (non-hydrogen) atoms. The molecule has 3 aromatic carbocycles. The molecule has 0 aliphatic heterocycles. The minimum Gasteiger partial charge on any atom is -0.454 e. The Morgan fingerprint density at radius 2 is 1.72 bits per heavy atom. The van der Waals surface area contributed by atoms with Crippen LogP contribution in [0, 0.1) is 0 Å². The summed E-state index contributed by atoms with van der Waals surface area (Å²) in [5, 5.41) is 1.14. The zero-order chi connectivity index (χ0) is 21.8. The van der Waals surface area contributed by atoms with E-state index in [0.29, 0.717) is 0 Å². The minimum absolute atomic E-state index is 0.876. The Hall–Kier alpha value is -4.05. The highest BCUT2D eigenvalue weighted by Crippen LogP contribution is 2.36. The predicted octanol–water partition coefficient (Wildman–Crippen LogP) is 7.33. The lowest BCUT2D eigenvalue weighted by atomic mass is 10.1. The molecule has 0 amide bonds. The van der Waals surface area contributed by atoms with Crippen LogP contribution < -0.4 is 0 Å². The van der Waals surface area contributed by atoms with Crippen molar-refractivity contribution in [1.29, 1.82) is 0 Å². The number of aryl methyl sites for hydroxylation is 1. The predicted molar refractivity (Wildman–Crippen MR) is 133 cm³/mol. The summed E-state index contributed by atoms with van der Waals surface area (Å²) in [5.41, 5.74) is 8.38. The molecule has 6 aromatic rings. The third-order valence-electron chi connectivity index (χ3n) is 6.05. The minimum atomic E-state index is 0.876. The molecular formula is C28H23N3O. The summed E-state index contributed by atoms with van der Waals surface area (Å²) in [6.45, 7) is 8.14. The number of fused-ring (bicyclic) bond motifs is 6. The molecule has 0 spiro atoms. The molecule has 0 saturated heterocycles.